The molecule has 2 rings (SSSR count). The second kappa shape index (κ2) is 5.50. The second-order valence-corrected chi connectivity index (χ2v) is 5.40. The first kappa shape index (κ1) is 13.1. The highest BCUT2D eigenvalue weighted by Gasteiger charge is 2.05. The summed E-state index contributed by atoms with van der Waals surface area (Å²) in [5, 5.41) is 3.33. The van der Waals surface area contributed by atoms with Crippen molar-refractivity contribution in [2.45, 2.75) is 6.92 Å². The fourth-order valence-electron chi connectivity index (χ4n) is 1.67. The van der Waals surface area contributed by atoms with E-state index in [1.54, 1.807) is 0 Å². The number of benzene rings is 2. The fraction of sp³-hybridized carbons (Fsp3) is 0.0714. The number of anilines is 2. The van der Waals surface area contributed by atoms with Crippen LogP contribution in [0.4, 0.5) is 11.4 Å². The molecule has 18 heavy (non-hydrogen) atoms. The van der Waals surface area contributed by atoms with E-state index in [0.29, 0.717) is 4.99 Å². The van der Waals surface area contributed by atoms with Crippen LogP contribution in [0, 0.1) is 6.92 Å². The van der Waals surface area contributed by atoms with Crippen LogP contribution in [0.3, 0.4) is 0 Å². The Morgan fingerprint density at radius 1 is 1.17 bits per heavy atom. The lowest BCUT2D eigenvalue weighted by Crippen LogP contribution is -2.12. The van der Waals surface area contributed by atoms with Crippen molar-refractivity contribution in [3.05, 3.63) is 58.1 Å². The molecule has 0 aliphatic rings. The van der Waals surface area contributed by atoms with Gasteiger partial charge in [-0.15, -0.1) is 0 Å². The van der Waals surface area contributed by atoms with E-state index in [-0.39, 0.29) is 0 Å². The lowest BCUT2D eigenvalue weighted by atomic mass is 10.1. The van der Waals surface area contributed by atoms with Gasteiger partial charge in [-0.3, -0.25) is 0 Å². The number of hydrogen-bond donors (Lipinski definition) is 2. The Balaban J connectivity index is 2.35. The largest absolute Gasteiger partial charge is 0.389 e. The molecule has 0 spiro atoms. The molecule has 2 aromatic carbocycles. The molecule has 0 saturated carbocycles. The third-order valence-corrected chi connectivity index (χ3v) is 3.31. The zero-order valence-corrected chi connectivity index (χ0v) is 12.3. The van der Waals surface area contributed by atoms with Gasteiger partial charge in [-0.25, -0.2) is 0 Å². The van der Waals surface area contributed by atoms with Crippen LogP contribution in [0.1, 0.15) is 11.1 Å². The summed E-state index contributed by atoms with van der Waals surface area (Å²) in [6.45, 7) is 2.04. The van der Waals surface area contributed by atoms with Crippen molar-refractivity contribution in [2.75, 3.05) is 5.32 Å². The van der Waals surface area contributed by atoms with Crippen LogP contribution in [-0.2, 0) is 0 Å². The zero-order valence-electron chi connectivity index (χ0n) is 9.91. The SMILES string of the molecule is Cc1ccc(C(N)=S)c(Nc2ccc(Br)cc2)c1. The monoisotopic (exact) mass is 320 g/mol. The van der Waals surface area contributed by atoms with Crippen molar-refractivity contribution in [1.82, 2.24) is 0 Å². The van der Waals surface area contributed by atoms with E-state index in [2.05, 4.69) is 21.2 Å². The zero-order chi connectivity index (χ0) is 13.1. The average molecular weight is 321 g/mol. The minimum atomic E-state index is 0.398. The highest BCUT2D eigenvalue weighted by molar-refractivity contribution is 9.10. The van der Waals surface area contributed by atoms with Crippen LogP contribution in [0.15, 0.2) is 46.9 Å². The van der Waals surface area contributed by atoms with Crippen LogP contribution in [-0.4, -0.2) is 4.99 Å². The number of nitrogens with two attached hydrogens (primary N) is 1. The van der Waals surface area contributed by atoms with Gasteiger partial charge in [0.05, 0.1) is 0 Å². The molecule has 0 amide bonds. The molecule has 2 nitrogen and oxygen atoms in total. The van der Waals surface area contributed by atoms with Crippen LogP contribution < -0.4 is 11.1 Å². The quantitative estimate of drug-likeness (QED) is 0.835. The van der Waals surface area contributed by atoms with Crippen molar-refractivity contribution in [1.29, 1.82) is 0 Å². The van der Waals surface area contributed by atoms with Crippen molar-refractivity contribution in [2.24, 2.45) is 5.73 Å². The number of rotatable bonds is 3. The molecule has 0 aliphatic heterocycles. The van der Waals surface area contributed by atoms with Gasteiger partial charge in [0.1, 0.15) is 4.99 Å². The summed E-state index contributed by atoms with van der Waals surface area (Å²) in [6, 6.07) is 13.9. The van der Waals surface area contributed by atoms with Gasteiger partial charge in [0.15, 0.2) is 0 Å². The van der Waals surface area contributed by atoms with Crippen molar-refractivity contribution >= 4 is 44.5 Å². The Morgan fingerprint density at radius 2 is 1.83 bits per heavy atom. The molecule has 0 atom stereocenters. The van der Waals surface area contributed by atoms with E-state index >= 15 is 0 Å². The van der Waals surface area contributed by atoms with Crippen LogP contribution in [0.25, 0.3) is 0 Å². The van der Waals surface area contributed by atoms with E-state index < -0.39 is 0 Å². The van der Waals surface area contributed by atoms with E-state index in [1.165, 1.54) is 0 Å². The first-order valence-electron chi connectivity index (χ1n) is 5.49. The highest BCUT2D eigenvalue weighted by atomic mass is 79.9. The third kappa shape index (κ3) is 3.09. The van der Waals surface area contributed by atoms with Gasteiger partial charge >= 0.3 is 0 Å². The molecule has 0 heterocycles. The predicted octanol–water partition coefficient (Wildman–Crippen LogP) is 4.14. The number of aryl methyl sites for hydroxylation is 1. The standard InChI is InChI=1S/C14H13BrN2S/c1-9-2-7-12(14(16)18)13(8-9)17-11-5-3-10(15)4-6-11/h2-8,17H,1H3,(H2,16,18). The molecule has 4 heteroatoms. The molecule has 0 unspecified atom stereocenters. The van der Waals surface area contributed by atoms with Crippen LogP contribution in [0.5, 0.6) is 0 Å². The number of nitrogens with one attached hydrogen (secondary N) is 1. The van der Waals surface area contributed by atoms with Gasteiger partial charge in [-0.2, -0.15) is 0 Å². The Bertz CT molecular complexity index is 579. The molecule has 0 bridgehead atoms. The Kier molecular flexibility index (Phi) is 3.99. The lowest BCUT2D eigenvalue weighted by Gasteiger charge is -2.12. The van der Waals surface area contributed by atoms with Gasteiger partial charge in [0.2, 0.25) is 0 Å². The summed E-state index contributed by atoms with van der Waals surface area (Å²) in [5.41, 5.74) is 9.68. The maximum absolute atomic E-state index is 5.73. The Morgan fingerprint density at radius 3 is 2.44 bits per heavy atom. The number of hydrogen-bond acceptors (Lipinski definition) is 2. The fourth-order valence-corrected chi connectivity index (χ4v) is 2.11. The van der Waals surface area contributed by atoms with E-state index in [4.69, 9.17) is 18.0 Å². The molecule has 0 radical (unpaired) electrons. The summed E-state index contributed by atoms with van der Waals surface area (Å²) in [5.74, 6) is 0. The molecule has 0 fully saturated rings. The minimum absolute atomic E-state index is 0.398. The normalized spacial score (nSPS) is 10.1. The molecule has 2 aromatic rings. The number of thiocarbonyl (C=S) groups is 1. The van der Waals surface area contributed by atoms with Crippen LogP contribution >= 0.6 is 28.1 Å². The first-order valence-corrected chi connectivity index (χ1v) is 6.69. The smallest absolute Gasteiger partial charge is 0.106 e. The summed E-state index contributed by atoms with van der Waals surface area (Å²) in [7, 11) is 0. The Hall–Kier alpha value is -1.39. The second-order valence-electron chi connectivity index (χ2n) is 4.05. The van der Waals surface area contributed by atoms with Crippen molar-refractivity contribution < 1.29 is 0 Å². The summed E-state index contributed by atoms with van der Waals surface area (Å²) < 4.78 is 1.05. The van der Waals surface area contributed by atoms with Gasteiger partial charge in [-0.1, -0.05) is 34.2 Å². The molecule has 0 aliphatic carbocycles. The molecule has 3 N–H and O–H groups in total. The number of halogens is 1. The average Bonchev–Trinajstić information content (AvgIpc) is 2.32. The first-order chi connectivity index (χ1) is 8.56. The highest BCUT2D eigenvalue weighted by Crippen LogP contribution is 2.23. The molecule has 92 valence electrons. The molecule has 0 saturated heterocycles. The molecular weight excluding hydrogens is 308 g/mol. The topological polar surface area (TPSA) is 38.0 Å². The minimum Gasteiger partial charge on any atom is -0.389 e. The lowest BCUT2D eigenvalue weighted by molar-refractivity contribution is 1.43. The summed E-state index contributed by atoms with van der Waals surface area (Å²) in [4.78, 5) is 0.398. The summed E-state index contributed by atoms with van der Waals surface area (Å²) >= 11 is 8.47. The Labute approximate surface area is 120 Å². The van der Waals surface area contributed by atoms with Gasteiger partial charge < -0.3 is 11.1 Å². The maximum Gasteiger partial charge on any atom is 0.106 e. The third-order valence-electron chi connectivity index (χ3n) is 2.56. The van der Waals surface area contributed by atoms with Crippen LogP contribution in [0.2, 0.25) is 0 Å². The van der Waals surface area contributed by atoms with Crippen molar-refractivity contribution in [3.8, 4) is 0 Å². The molecule has 0 aromatic heterocycles. The van der Waals surface area contributed by atoms with E-state index in [0.717, 1.165) is 27.0 Å². The van der Waals surface area contributed by atoms with Gasteiger partial charge in [0, 0.05) is 21.4 Å². The van der Waals surface area contributed by atoms with Crippen molar-refractivity contribution in [3.63, 3.8) is 0 Å². The van der Waals surface area contributed by atoms with E-state index in [1.807, 2.05) is 49.4 Å². The summed E-state index contributed by atoms with van der Waals surface area (Å²) in [6.07, 6.45) is 0. The van der Waals surface area contributed by atoms with E-state index in [9.17, 15) is 0 Å². The molecular formula is C14H13BrN2S. The van der Waals surface area contributed by atoms with Gasteiger partial charge in [-0.05, 0) is 48.9 Å². The predicted molar refractivity (Wildman–Crippen MR) is 84.5 cm³/mol. The maximum atomic E-state index is 5.73. The van der Waals surface area contributed by atoms with Gasteiger partial charge in [0.25, 0.3) is 0 Å².